The number of nitrogens with zero attached hydrogens (tertiary/aromatic N) is 1. The van der Waals surface area contributed by atoms with Gasteiger partial charge in [0.15, 0.2) is 0 Å². The molecule has 18 heavy (non-hydrogen) atoms. The molecule has 0 spiro atoms. The number of hydrogen-bond donors (Lipinski definition) is 3. The van der Waals surface area contributed by atoms with E-state index in [1.807, 2.05) is 0 Å². The molecule has 1 aromatic rings. The van der Waals surface area contributed by atoms with E-state index in [2.05, 4.69) is 15.8 Å². The smallest absolute Gasteiger partial charge is 0.271 e. The van der Waals surface area contributed by atoms with Crippen molar-refractivity contribution < 1.29 is 14.7 Å². The molecule has 1 aliphatic heterocycles. The van der Waals surface area contributed by atoms with Crippen LogP contribution in [0.15, 0.2) is 23.3 Å². The number of hydrazone groups is 1. The Labute approximate surface area is 104 Å². The third kappa shape index (κ3) is 2.65. The molecule has 1 aliphatic rings. The van der Waals surface area contributed by atoms with E-state index in [9.17, 15) is 14.7 Å². The lowest BCUT2D eigenvalue weighted by molar-refractivity contribution is -0.121. The van der Waals surface area contributed by atoms with Gasteiger partial charge in [0.25, 0.3) is 5.91 Å². The van der Waals surface area contributed by atoms with Crippen LogP contribution in [0.2, 0.25) is 0 Å². The molecule has 0 saturated heterocycles. The predicted octanol–water partition coefficient (Wildman–Crippen LogP) is 0.905. The summed E-state index contributed by atoms with van der Waals surface area (Å²) in [5.41, 5.74) is 3.75. The van der Waals surface area contributed by atoms with E-state index >= 15 is 0 Å². The van der Waals surface area contributed by atoms with Crippen LogP contribution in [0.25, 0.3) is 0 Å². The van der Waals surface area contributed by atoms with Crippen molar-refractivity contribution in [2.75, 3.05) is 5.32 Å². The maximum atomic E-state index is 11.8. The quantitative estimate of drug-likeness (QED) is 0.725. The third-order valence-corrected chi connectivity index (χ3v) is 2.63. The van der Waals surface area contributed by atoms with E-state index in [-0.39, 0.29) is 29.7 Å². The van der Waals surface area contributed by atoms with Crippen molar-refractivity contribution in [3.05, 3.63) is 23.8 Å². The molecule has 0 aromatic heterocycles. The summed E-state index contributed by atoms with van der Waals surface area (Å²) < 4.78 is 0. The molecule has 0 saturated carbocycles. The number of phenolic OH excluding ortho intramolecular Hbond substituents is 1. The van der Waals surface area contributed by atoms with Crippen LogP contribution in [-0.2, 0) is 9.59 Å². The zero-order chi connectivity index (χ0) is 13.1. The first-order valence-electron chi connectivity index (χ1n) is 5.52. The standard InChI is InChI=1S/C12H13N3O3/c1-7-2-3-8(6-10(7)16)13-12(18)9-4-5-11(17)15-14-9/h2-3,6,16H,4-5H2,1H3,(H,13,18)(H,15,17). The van der Waals surface area contributed by atoms with Crippen LogP contribution < -0.4 is 10.7 Å². The summed E-state index contributed by atoms with van der Waals surface area (Å²) in [4.78, 5) is 22.7. The van der Waals surface area contributed by atoms with Gasteiger partial charge in [-0.3, -0.25) is 9.59 Å². The Bertz CT molecular complexity index is 537. The summed E-state index contributed by atoms with van der Waals surface area (Å²) in [6.45, 7) is 1.77. The van der Waals surface area contributed by atoms with Gasteiger partial charge in [-0.2, -0.15) is 5.10 Å². The summed E-state index contributed by atoms with van der Waals surface area (Å²) >= 11 is 0. The fourth-order valence-electron chi connectivity index (χ4n) is 1.53. The van der Waals surface area contributed by atoms with Gasteiger partial charge in [-0.05, 0) is 18.6 Å². The van der Waals surface area contributed by atoms with Crippen LogP contribution in [0.3, 0.4) is 0 Å². The average molecular weight is 247 g/mol. The highest BCUT2D eigenvalue weighted by Gasteiger charge is 2.18. The molecule has 1 heterocycles. The number of rotatable bonds is 2. The molecule has 0 radical (unpaired) electrons. The van der Waals surface area contributed by atoms with Crippen molar-refractivity contribution in [1.29, 1.82) is 0 Å². The lowest BCUT2D eigenvalue weighted by Gasteiger charge is -2.12. The second-order valence-corrected chi connectivity index (χ2v) is 4.05. The first-order valence-corrected chi connectivity index (χ1v) is 5.52. The van der Waals surface area contributed by atoms with Crippen molar-refractivity contribution in [3.63, 3.8) is 0 Å². The van der Waals surface area contributed by atoms with Crippen molar-refractivity contribution in [3.8, 4) is 5.75 Å². The molecule has 2 amide bonds. The molecule has 2 rings (SSSR count). The number of aryl methyl sites for hydroxylation is 1. The Morgan fingerprint density at radius 1 is 1.44 bits per heavy atom. The number of carbonyl (C=O) groups is 2. The van der Waals surface area contributed by atoms with Crippen molar-refractivity contribution in [2.45, 2.75) is 19.8 Å². The second-order valence-electron chi connectivity index (χ2n) is 4.05. The minimum atomic E-state index is -0.377. The SMILES string of the molecule is Cc1ccc(NC(=O)C2=NNC(=O)CC2)cc1O. The monoisotopic (exact) mass is 247 g/mol. The minimum absolute atomic E-state index is 0.117. The zero-order valence-corrected chi connectivity index (χ0v) is 9.86. The number of hydrogen-bond acceptors (Lipinski definition) is 4. The van der Waals surface area contributed by atoms with Gasteiger partial charge in [-0.15, -0.1) is 0 Å². The van der Waals surface area contributed by atoms with E-state index in [0.717, 1.165) is 5.56 Å². The molecular weight excluding hydrogens is 234 g/mol. The van der Waals surface area contributed by atoms with Crippen LogP contribution in [0.5, 0.6) is 5.75 Å². The van der Waals surface area contributed by atoms with E-state index in [1.54, 1.807) is 19.1 Å². The highest BCUT2D eigenvalue weighted by Crippen LogP contribution is 2.20. The number of anilines is 1. The Hall–Kier alpha value is -2.37. The molecule has 6 heteroatoms. The van der Waals surface area contributed by atoms with Crippen LogP contribution in [0.4, 0.5) is 5.69 Å². The molecule has 0 bridgehead atoms. The Balaban J connectivity index is 2.07. The van der Waals surface area contributed by atoms with Crippen LogP contribution in [-0.4, -0.2) is 22.6 Å². The van der Waals surface area contributed by atoms with E-state index in [4.69, 9.17) is 0 Å². The molecule has 3 N–H and O–H groups in total. The largest absolute Gasteiger partial charge is 0.508 e. The van der Waals surface area contributed by atoms with E-state index in [1.165, 1.54) is 6.07 Å². The molecule has 0 fully saturated rings. The first-order chi connectivity index (χ1) is 8.56. The highest BCUT2D eigenvalue weighted by molar-refractivity contribution is 6.43. The van der Waals surface area contributed by atoms with Gasteiger partial charge in [0.2, 0.25) is 5.91 Å². The van der Waals surface area contributed by atoms with Crippen LogP contribution in [0, 0.1) is 6.92 Å². The third-order valence-electron chi connectivity index (χ3n) is 2.63. The van der Waals surface area contributed by atoms with Gasteiger partial charge < -0.3 is 10.4 Å². The molecule has 0 aliphatic carbocycles. The normalized spacial score (nSPS) is 14.7. The summed E-state index contributed by atoms with van der Waals surface area (Å²) in [6, 6.07) is 4.86. The average Bonchev–Trinajstić information content (AvgIpc) is 2.34. The van der Waals surface area contributed by atoms with Crippen LogP contribution >= 0.6 is 0 Å². The zero-order valence-electron chi connectivity index (χ0n) is 9.86. The molecule has 0 atom stereocenters. The van der Waals surface area contributed by atoms with E-state index in [0.29, 0.717) is 12.1 Å². The number of aromatic hydroxyl groups is 1. The maximum Gasteiger partial charge on any atom is 0.271 e. The van der Waals surface area contributed by atoms with E-state index < -0.39 is 0 Å². The number of phenols is 1. The second kappa shape index (κ2) is 4.87. The summed E-state index contributed by atoms with van der Waals surface area (Å²) in [5, 5.41) is 15.8. The Morgan fingerprint density at radius 3 is 2.83 bits per heavy atom. The van der Waals surface area contributed by atoms with Crippen molar-refractivity contribution >= 4 is 23.2 Å². The number of nitrogens with one attached hydrogen (secondary N) is 2. The van der Waals surface area contributed by atoms with Crippen molar-refractivity contribution in [2.24, 2.45) is 5.10 Å². The summed E-state index contributed by atoms with van der Waals surface area (Å²) in [6.07, 6.45) is 0.570. The summed E-state index contributed by atoms with van der Waals surface area (Å²) in [5.74, 6) is -0.454. The van der Waals surface area contributed by atoms with Crippen molar-refractivity contribution in [1.82, 2.24) is 5.43 Å². The maximum absolute atomic E-state index is 11.8. The van der Waals surface area contributed by atoms with Gasteiger partial charge in [0.05, 0.1) is 0 Å². The molecular formula is C12H13N3O3. The molecule has 0 unspecified atom stereocenters. The van der Waals surface area contributed by atoms with Gasteiger partial charge in [0.1, 0.15) is 11.5 Å². The highest BCUT2D eigenvalue weighted by atomic mass is 16.3. The predicted molar refractivity (Wildman–Crippen MR) is 66.3 cm³/mol. The molecule has 6 nitrogen and oxygen atoms in total. The Morgan fingerprint density at radius 2 is 2.22 bits per heavy atom. The Kier molecular flexibility index (Phi) is 3.27. The molecule has 94 valence electrons. The van der Waals surface area contributed by atoms with Gasteiger partial charge >= 0.3 is 0 Å². The topological polar surface area (TPSA) is 90.8 Å². The fourth-order valence-corrected chi connectivity index (χ4v) is 1.53. The number of amides is 2. The molecule has 1 aromatic carbocycles. The van der Waals surface area contributed by atoms with Gasteiger partial charge in [-0.25, -0.2) is 5.43 Å². The lowest BCUT2D eigenvalue weighted by Crippen LogP contribution is -2.32. The van der Waals surface area contributed by atoms with Gasteiger partial charge in [0, 0.05) is 24.6 Å². The first kappa shape index (κ1) is 12.1. The lowest BCUT2D eigenvalue weighted by atomic mass is 10.1. The fraction of sp³-hybridized carbons (Fsp3) is 0.250. The van der Waals surface area contributed by atoms with Crippen LogP contribution in [0.1, 0.15) is 18.4 Å². The van der Waals surface area contributed by atoms with Gasteiger partial charge in [-0.1, -0.05) is 6.07 Å². The number of carbonyl (C=O) groups excluding carboxylic acids is 2. The number of benzene rings is 1. The minimum Gasteiger partial charge on any atom is -0.508 e. The summed E-state index contributed by atoms with van der Waals surface area (Å²) in [7, 11) is 0.